The van der Waals surface area contributed by atoms with E-state index in [1.54, 1.807) is 0 Å². The second-order valence-corrected chi connectivity index (χ2v) is 31.1. The molecule has 474 valence electrons. The summed E-state index contributed by atoms with van der Waals surface area (Å²) < 4.78 is 10.2. The van der Waals surface area contributed by atoms with Crippen molar-refractivity contribution in [3.8, 4) is 78.4 Å². The second-order valence-electron chi connectivity index (χ2n) is 31.1. The van der Waals surface area contributed by atoms with E-state index < -0.39 is 0 Å². The fraction of sp³-hybridized carbons (Fsp3) is 0.125. The van der Waals surface area contributed by atoms with Crippen molar-refractivity contribution in [1.82, 2.24) is 18.3 Å². The van der Waals surface area contributed by atoms with Gasteiger partial charge in [-0.25, -0.2) is 0 Å². The summed E-state index contributed by atoms with van der Waals surface area (Å²) in [6.07, 6.45) is 0. The van der Waals surface area contributed by atoms with Crippen LogP contribution in [0.5, 0.6) is 0 Å². The van der Waals surface area contributed by atoms with Gasteiger partial charge in [0.25, 0.3) is 0 Å². The molecule has 100 heavy (non-hydrogen) atoms. The predicted octanol–water partition coefficient (Wildman–Crippen LogP) is 25.0. The van der Waals surface area contributed by atoms with Crippen LogP contribution in [-0.2, 0) is 21.7 Å². The number of nitrogens with zero attached hydrogens (tertiary/aromatic N) is 4. The van der Waals surface area contributed by atoms with E-state index in [1.807, 2.05) is 0 Å². The Morgan fingerprint density at radius 3 is 0.730 bits per heavy atom. The second kappa shape index (κ2) is 19.1. The summed E-state index contributed by atoms with van der Waals surface area (Å²) in [5.74, 6) is 0. The van der Waals surface area contributed by atoms with Crippen molar-refractivity contribution < 1.29 is 0 Å². The molecule has 22 rings (SSSR count). The monoisotopic (exact) mass is 1280 g/mol. The smallest absolute Gasteiger partial charge is 0.0588 e. The topological polar surface area (TPSA) is 19.7 Å². The van der Waals surface area contributed by atoms with Crippen LogP contribution in [0.2, 0.25) is 0 Å². The average Bonchev–Trinajstić information content (AvgIpc) is 1.54. The number of hydrogen-bond donors (Lipinski definition) is 0. The van der Waals surface area contributed by atoms with Crippen molar-refractivity contribution in [3.63, 3.8) is 0 Å². The summed E-state index contributed by atoms with van der Waals surface area (Å²) in [5.41, 5.74) is 37.6. The average molecular weight is 1280 g/mol. The van der Waals surface area contributed by atoms with Crippen LogP contribution in [0.4, 0.5) is 0 Å². The van der Waals surface area contributed by atoms with Gasteiger partial charge in [0.05, 0.1) is 44.1 Å². The minimum atomic E-state index is -0.329. The van der Waals surface area contributed by atoms with Gasteiger partial charge >= 0.3 is 0 Å². The SMILES string of the molecule is CC1(C)c2cc(-c3ccc4c(c3)C(C)(C)c3c-4ccc4c5ccccc5n(-c5ccc6c(c5)C(C)(C)c5c-6ccc6c7ccccc7n(-c7ccccc7)c56)c34)ccc2-c2ccc3c4ccccc4n(-c4ccc5c(c4)C(C)(C)c4c-5ccc5c6ccccc6n(-c6ccccc6)c45)c3c21. The molecule has 0 spiro atoms. The zero-order valence-electron chi connectivity index (χ0n) is 57.3. The van der Waals surface area contributed by atoms with E-state index in [4.69, 9.17) is 0 Å². The summed E-state index contributed by atoms with van der Waals surface area (Å²) in [7, 11) is 0. The molecular weight excluding hydrogens is 1210 g/mol. The molecule has 0 amide bonds. The molecule has 0 unspecified atom stereocenters. The molecule has 0 aliphatic heterocycles. The Labute approximate surface area is 580 Å². The van der Waals surface area contributed by atoms with Gasteiger partial charge < -0.3 is 18.3 Å². The highest BCUT2D eigenvalue weighted by atomic mass is 15.0. The van der Waals surface area contributed by atoms with Crippen LogP contribution in [0.3, 0.4) is 0 Å². The summed E-state index contributed by atoms with van der Waals surface area (Å²) in [6, 6.07) is 106. The minimum absolute atomic E-state index is 0.299. The summed E-state index contributed by atoms with van der Waals surface area (Å²) in [6.45, 7) is 19.7. The Morgan fingerprint density at radius 2 is 0.430 bits per heavy atom. The molecule has 18 aromatic rings. The largest absolute Gasteiger partial charge is 0.309 e. The van der Waals surface area contributed by atoms with Crippen molar-refractivity contribution in [3.05, 3.63) is 324 Å². The summed E-state index contributed by atoms with van der Waals surface area (Å²) >= 11 is 0. The first-order valence-electron chi connectivity index (χ1n) is 35.7. The van der Waals surface area contributed by atoms with E-state index >= 15 is 0 Å². The standard InChI is InChI=1S/C96H70N4/c1-93(2)77-51-55(35-39-61(77)69-43-49-75-67-29-17-21-33-83(67)99(91(75)87(69)93)59-37-41-63-71-45-47-73-65-27-15-19-31-81(65)97(57-23-11-9-12-24-57)89(73)85(71)95(5,6)79(63)53-59)56-36-40-62-70-44-50-76-68-30-18-22-34-84(68)100(92(76)88(70)94(3,4)78(62)52-56)60-38-42-64-72-46-48-74-66-28-16-20-32-82(66)98(58-25-13-10-14-26-58)90(74)86(72)96(7,8)80(64)54-60/h9-54H,1-8H3. The minimum Gasteiger partial charge on any atom is -0.309 e. The third kappa shape index (κ3) is 6.96. The number of benzene rings is 14. The maximum absolute atomic E-state index is 2.61. The number of hydrogen-bond acceptors (Lipinski definition) is 0. The van der Waals surface area contributed by atoms with Crippen LogP contribution in [0, 0.1) is 0 Å². The van der Waals surface area contributed by atoms with Gasteiger partial charge in [-0.2, -0.15) is 0 Å². The van der Waals surface area contributed by atoms with E-state index in [9.17, 15) is 0 Å². The third-order valence-corrected chi connectivity index (χ3v) is 24.6. The van der Waals surface area contributed by atoms with Crippen molar-refractivity contribution in [1.29, 1.82) is 0 Å². The van der Waals surface area contributed by atoms with Crippen LogP contribution >= 0.6 is 0 Å². The first-order chi connectivity index (χ1) is 48.7. The molecule has 0 atom stereocenters. The van der Waals surface area contributed by atoms with Gasteiger partial charge in [0.2, 0.25) is 0 Å². The highest BCUT2D eigenvalue weighted by molar-refractivity contribution is 6.18. The van der Waals surface area contributed by atoms with Crippen LogP contribution in [-0.4, -0.2) is 18.3 Å². The first-order valence-corrected chi connectivity index (χ1v) is 35.7. The lowest BCUT2D eigenvalue weighted by Gasteiger charge is -2.26. The Morgan fingerprint density at radius 1 is 0.190 bits per heavy atom. The zero-order chi connectivity index (χ0) is 66.8. The summed E-state index contributed by atoms with van der Waals surface area (Å²) in [4.78, 5) is 0. The fourth-order valence-corrected chi connectivity index (χ4v) is 20.2. The van der Waals surface area contributed by atoms with Gasteiger partial charge in [0, 0.05) is 87.5 Å². The number of fused-ring (bicyclic) bond motifs is 28. The lowest BCUT2D eigenvalue weighted by molar-refractivity contribution is 0.661. The van der Waals surface area contributed by atoms with E-state index in [-0.39, 0.29) is 21.7 Å². The van der Waals surface area contributed by atoms with E-state index in [0.29, 0.717) is 0 Å². The highest BCUT2D eigenvalue weighted by Gasteiger charge is 2.45. The molecule has 0 saturated heterocycles. The Kier molecular flexibility index (Phi) is 10.8. The molecular formula is C96H70N4. The van der Waals surface area contributed by atoms with E-state index in [2.05, 4.69) is 353 Å². The van der Waals surface area contributed by atoms with Crippen LogP contribution in [0.15, 0.2) is 279 Å². The molecule has 4 nitrogen and oxygen atoms in total. The van der Waals surface area contributed by atoms with E-state index in [1.165, 1.54) is 210 Å². The molecule has 4 aliphatic rings. The first kappa shape index (κ1) is 56.3. The van der Waals surface area contributed by atoms with Crippen LogP contribution in [0.25, 0.3) is 166 Å². The Hall–Kier alpha value is -11.7. The molecule has 0 bridgehead atoms. The van der Waals surface area contributed by atoms with Gasteiger partial charge in [-0.15, -0.1) is 0 Å². The third-order valence-electron chi connectivity index (χ3n) is 24.6. The highest BCUT2D eigenvalue weighted by Crippen LogP contribution is 2.60. The van der Waals surface area contributed by atoms with Gasteiger partial charge in [-0.1, -0.05) is 250 Å². The van der Waals surface area contributed by atoms with E-state index in [0.717, 1.165) is 0 Å². The maximum atomic E-state index is 2.61. The normalized spacial score (nSPS) is 15.3. The van der Waals surface area contributed by atoms with Crippen molar-refractivity contribution in [2.45, 2.75) is 77.0 Å². The number of rotatable bonds is 5. The van der Waals surface area contributed by atoms with Crippen molar-refractivity contribution >= 4 is 87.2 Å². The van der Waals surface area contributed by atoms with Gasteiger partial charge in [-0.05, 0) is 185 Å². The molecule has 4 heteroatoms. The number of aromatic nitrogens is 4. The Balaban J connectivity index is 0.651. The van der Waals surface area contributed by atoms with Crippen LogP contribution in [0.1, 0.15) is 99.9 Å². The molecule has 14 aromatic carbocycles. The molecule has 0 N–H and O–H groups in total. The quantitative estimate of drug-likeness (QED) is 0.164. The fourth-order valence-electron chi connectivity index (χ4n) is 20.2. The molecule has 0 saturated carbocycles. The van der Waals surface area contributed by atoms with Gasteiger partial charge in [0.1, 0.15) is 0 Å². The molecule has 4 aliphatic carbocycles. The zero-order valence-corrected chi connectivity index (χ0v) is 57.3. The number of para-hydroxylation sites is 6. The predicted molar refractivity (Wildman–Crippen MR) is 419 cm³/mol. The summed E-state index contributed by atoms with van der Waals surface area (Å²) in [5, 5.41) is 10.3. The van der Waals surface area contributed by atoms with Gasteiger partial charge in [0.15, 0.2) is 0 Å². The Bertz CT molecular complexity index is 6340. The van der Waals surface area contributed by atoms with Crippen LogP contribution < -0.4 is 0 Å². The lowest BCUT2D eigenvalue weighted by atomic mass is 9.79. The maximum Gasteiger partial charge on any atom is 0.0588 e. The molecule has 0 fully saturated rings. The lowest BCUT2D eigenvalue weighted by Crippen LogP contribution is -2.18. The molecule has 4 heterocycles. The van der Waals surface area contributed by atoms with Gasteiger partial charge in [-0.3, -0.25) is 0 Å². The van der Waals surface area contributed by atoms with Crippen molar-refractivity contribution in [2.75, 3.05) is 0 Å². The molecule has 0 radical (unpaired) electrons. The molecule has 4 aromatic heterocycles. The van der Waals surface area contributed by atoms with Crippen molar-refractivity contribution in [2.24, 2.45) is 0 Å².